The molecule has 1 heterocycles. The van der Waals surface area contributed by atoms with Crippen molar-refractivity contribution >= 4 is 16.6 Å². The van der Waals surface area contributed by atoms with Gasteiger partial charge in [0.05, 0.1) is 11.6 Å². The molecule has 0 saturated carbocycles. The highest BCUT2D eigenvalue weighted by atomic mass is 16.3. The lowest BCUT2D eigenvalue weighted by Gasteiger charge is -2.17. The maximum Gasteiger partial charge on any atom is 0.0726 e. The topological polar surface area (TPSA) is 45.2 Å². The summed E-state index contributed by atoms with van der Waals surface area (Å²) in [5, 5.41) is 13.9. The fourth-order valence-electron chi connectivity index (χ4n) is 2.26. The van der Waals surface area contributed by atoms with Crippen LogP contribution in [0, 0.1) is 6.92 Å². The van der Waals surface area contributed by atoms with Crippen LogP contribution >= 0.6 is 0 Å². The van der Waals surface area contributed by atoms with Gasteiger partial charge in [-0.1, -0.05) is 25.1 Å². The van der Waals surface area contributed by atoms with Gasteiger partial charge in [0, 0.05) is 23.3 Å². The van der Waals surface area contributed by atoms with E-state index in [-0.39, 0.29) is 6.10 Å². The molecule has 0 spiro atoms. The van der Waals surface area contributed by atoms with Crippen LogP contribution in [0.3, 0.4) is 0 Å². The van der Waals surface area contributed by atoms with Gasteiger partial charge in [0.1, 0.15) is 0 Å². The van der Waals surface area contributed by atoms with Crippen molar-refractivity contribution in [3.63, 3.8) is 0 Å². The fraction of sp³-hybridized carbons (Fsp3) is 0.400. The van der Waals surface area contributed by atoms with Crippen LogP contribution in [0.4, 0.5) is 5.69 Å². The van der Waals surface area contributed by atoms with Crippen LogP contribution in [-0.2, 0) is 6.42 Å². The minimum Gasteiger partial charge on any atom is -0.392 e. The normalized spacial score (nSPS) is 12.7. The lowest BCUT2D eigenvalue weighted by Crippen LogP contribution is -2.17. The molecule has 2 aromatic rings. The average Bonchev–Trinajstić information content (AvgIpc) is 2.35. The summed E-state index contributed by atoms with van der Waals surface area (Å²) in [5.41, 5.74) is 4.40. The number of nitrogens with one attached hydrogen (secondary N) is 1. The van der Waals surface area contributed by atoms with Gasteiger partial charge in [0.25, 0.3) is 0 Å². The van der Waals surface area contributed by atoms with Crippen LogP contribution in [0.25, 0.3) is 10.9 Å². The van der Waals surface area contributed by atoms with E-state index in [1.165, 1.54) is 5.56 Å². The first-order valence-electron chi connectivity index (χ1n) is 6.43. The molecule has 96 valence electrons. The van der Waals surface area contributed by atoms with Gasteiger partial charge in [-0.3, -0.25) is 4.98 Å². The van der Waals surface area contributed by atoms with Crippen molar-refractivity contribution in [1.82, 2.24) is 4.98 Å². The molecule has 1 atom stereocenters. The highest BCUT2D eigenvalue weighted by Crippen LogP contribution is 2.28. The maximum atomic E-state index is 9.44. The number of benzene rings is 1. The number of rotatable bonds is 4. The number of fused-ring (bicyclic) bond motifs is 1. The summed E-state index contributed by atoms with van der Waals surface area (Å²) >= 11 is 0. The van der Waals surface area contributed by atoms with Crippen LogP contribution in [0.1, 0.15) is 25.1 Å². The molecule has 0 aliphatic carbocycles. The molecule has 2 N–H and O–H groups in total. The number of aryl methyl sites for hydroxylation is 1. The third kappa shape index (κ3) is 2.46. The first-order valence-corrected chi connectivity index (χ1v) is 6.43. The Labute approximate surface area is 108 Å². The van der Waals surface area contributed by atoms with Crippen molar-refractivity contribution in [3.05, 3.63) is 35.5 Å². The summed E-state index contributed by atoms with van der Waals surface area (Å²) < 4.78 is 0. The lowest BCUT2D eigenvalue weighted by atomic mass is 10.0. The van der Waals surface area contributed by atoms with Crippen LogP contribution in [0.5, 0.6) is 0 Å². The smallest absolute Gasteiger partial charge is 0.0726 e. The number of aliphatic hydroxyl groups excluding tert-OH is 1. The number of hydrogen-bond acceptors (Lipinski definition) is 3. The monoisotopic (exact) mass is 244 g/mol. The Morgan fingerprint density at radius 2 is 2.06 bits per heavy atom. The van der Waals surface area contributed by atoms with E-state index in [0.29, 0.717) is 6.54 Å². The number of hydrogen-bond donors (Lipinski definition) is 2. The van der Waals surface area contributed by atoms with Crippen molar-refractivity contribution in [2.75, 3.05) is 11.9 Å². The van der Waals surface area contributed by atoms with Crippen LogP contribution in [-0.4, -0.2) is 22.7 Å². The van der Waals surface area contributed by atoms with Gasteiger partial charge in [0.15, 0.2) is 0 Å². The zero-order valence-corrected chi connectivity index (χ0v) is 11.2. The summed E-state index contributed by atoms with van der Waals surface area (Å²) in [5.74, 6) is 0. The van der Waals surface area contributed by atoms with E-state index >= 15 is 0 Å². The van der Waals surface area contributed by atoms with E-state index in [1.807, 2.05) is 25.1 Å². The molecule has 1 aromatic heterocycles. The molecular weight excluding hydrogens is 224 g/mol. The summed E-state index contributed by atoms with van der Waals surface area (Å²) in [4.78, 5) is 4.63. The van der Waals surface area contributed by atoms with Crippen molar-refractivity contribution < 1.29 is 5.11 Å². The number of aliphatic hydroxyl groups is 1. The Bertz CT molecular complexity index is 549. The molecule has 18 heavy (non-hydrogen) atoms. The molecule has 1 aromatic carbocycles. The summed E-state index contributed by atoms with van der Waals surface area (Å²) in [6.45, 7) is 6.51. The van der Waals surface area contributed by atoms with E-state index in [1.54, 1.807) is 6.92 Å². The van der Waals surface area contributed by atoms with Crippen LogP contribution < -0.4 is 5.32 Å². The Hall–Kier alpha value is -1.61. The SMILES string of the molecule is CCc1c(C)nc2ccccc2c1NC[C@@H](C)O. The molecule has 0 radical (unpaired) electrons. The Morgan fingerprint density at radius 3 is 2.72 bits per heavy atom. The molecule has 0 unspecified atom stereocenters. The molecule has 0 amide bonds. The molecule has 0 aliphatic rings. The van der Waals surface area contributed by atoms with E-state index in [9.17, 15) is 5.11 Å². The second kappa shape index (κ2) is 5.36. The predicted molar refractivity (Wildman–Crippen MR) is 76.0 cm³/mol. The number of nitrogens with zero attached hydrogens (tertiary/aromatic N) is 1. The standard InChI is InChI=1S/C15H20N2O/c1-4-12-11(3)17-14-8-6-5-7-13(14)15(12)16-9-10(2)18/h5-8,10,18H,4,9H2,1-3H3,(H,16,17)/t10-/m1/s1. The molecule has 2 rings (SSSR count). The molecule has 0 fully saturated rings. The van der Waals surface area contributed by atoms with E-state index in [2.05, 4.69) is 23.3 Å². The molecule has 3 nitrogen and oxygen atoms in total. The highest BCUT2D eigenvalue weighted by Gasteiger charge is 2.11. The third-order valence-corrected chi connectivity index (χ3v) is 3.13. The lowest BCUT2D eigenvalue weighted by molar-refractivity contribution is 0.208. The quantitative estimate of drug-likeness (QED) is 0.869. The molecule has 3 heteroatoms. The molecule has 0 bridgehead atoms. The predicted octanol–water partition coefficient (Wildman–Crippen LogP) is 2.90. The number of aromatic nitrogens is 1. The third-order valence-electron chi connectivity index (χ3n) is 3.13. The molecule has 0 saturated heterocycles. The Kier molecular flexibility index (Phi) is 3.82. The number of pyridine rings is 1. The number of anilines is 1. The first-order chi connectivity index (χ1) is 8.63. The van der Waals surface area contributed by atoms with Crippen molar-refractivity contribution in [2.24, 2.45) is 0 Å². The molecular formula is C15H20N2O. The van der Waals surface area contributed by atoms with Crippen molar-refractivity contribution in [1.29, 1.82) is 0 Å². The fourth-order valence-corrected chi connectivity index (χ4v) is 2.26. The van der Waals surface area contributed by atoms with Gasteiger partial charge in [0.2, 0.25) is 0 Å². The largest absolute Gasteiger partial charge is 0.392 e. The van der Waals surface area contributed by atoms with Gasteiger partial charge in [-0.05, 0) is 31.9 Å². The van der Waals surface area contributed by atoms with Gasteiger partial charge in [-0.15, -0.1) is 0 Å². The van der Waals surface area contributed by atoms with Crippen molar-refractivity contribution in [3.8, 4) is 0 Å². The van der Waals surface area contributed by atoms with Gasteiger partial charge < -0.3 is 10.4 Å². The Balaban J connectivity index is 2.57. The van der Waals surface area contributed by atoms with Gasteiger partial charge >= 0.3 is 0 Å². The van der Waals surface area contributed by atoms with Gasteiger partial charge in [-0.25, -0.2) is 0 Å². The minimum absolute atomic E-state index is 0.359. The van der Waals surface area contributed by atoms with Crippen LogP contribution in [0.2, 0.25) is 0 Å². The average molecular weight is 244 g/mol. The second-order valence-electron chi connectivity index (χ2n) is 4.65. The summed E-state index contributed by atoms with van der Waals surface area (Å²) in [7, 11) is 0. The highest BCUT2D eigenvalue weighted by molar-refractivity contribution is 5.93. The van der Waals surface area contributed by atoms with Crippen molar-refractivity contribution in [2.45, 2.75) is 33.3 Å². The van der Waals surface area contributed by atoms with Crippen LogP contribution in [0.15, 0.2) is 24.3 Å². The van der Waals surface area contributed by atoms with Gasteiger partial charge in [-0.2, -0.15) is 0 Å². The summed E-state index contributed by atoms with van der Waals surface area (Å²) in [6, 6.07) is 8.12. The zero-order chi connectivity index (χ0) is 13.1. The zero-order valence-electron chi connectivity index (χ0n) is 11.2. The first kappa shape index (κ1) is 12.8. The minimum atomic E-state index is -0.359. The second-order valence-corrected chi connectivity index (χ2v) is 4.65. The van der Waals surface area contributed by atoms with E-state index in [0.717, 1.165) is 28.7 Å². The summed E-state index contributed by atoms with van der Waals surface area (Å²) in [6.07, 6.45) is 0.577. The molecule has 0 aliphatic heterocycles. The van der Waals surface area contributed by atoms with E-state index in [4.69, 9.17) is 0 Å². The number of para-hydroxylation sites is 1. The maximum absolute atomic E-state index is 9.44. The van der Waals surface area contributed by atoms with E-state index < -0.39 is 0 Å². The Morgan fingerprint density at radius 1 is 1.33 bits per heavy atom.